The maximum Gasteiger partial charge on any atom is 0.306 e. The highest BCUT2D eigenvalue weighted by Crippen LogP contribution is 2.20. The van der Waals surface area contributed by atoms with Crippen LogP contribution in [0.5, 0.6) is 0 Å². The summed E-state index contributed by atoms with van der Waals surface area (Å²) in [5.74, 6) is -1.09. The number of likely N-dealkylation sites (tertiary alicyclic amines) is 1. The Morgan fingerprint density at radius 1 is 1.47 bits per heavy atom. The zero-order valence-electron chi connectivity index (χ0n) is 9.55. The summed E-state index contributed by atoms with van der Waals surface area (Å²) < 4.78 is 4.08. The lowest BCUT2D eigenvalue weighted by molar-refractivity contribution is -0.143. The van der Waals surface area contributed by atoms with Crippen molar-refractivity contribution >= 4 is 23.4 Å². The molecule has 0 atom stereocenters. The summed E-state index contributed by atoms with van der Waals surface area (Å²) in [6.07, 6.45) is 1.08. The molecule has 1 aromatic heterocycles. The van der Waals surface area contributed by atoms with Gasteiger partial charge >= 0.3 is 5.97 Å². The molecule has 0 spiro atoms. The minimum absolute atomic E-state index is 0.0277. The average Bonchev–Trinajstić information content (AvgIpc) is 2.74. The third-order valence-electron chi connectivity index (χ3n) is 3.11. The number of amides is 1. The Kier molecular flexibility index (Phi) is 3.42. The second kappa shape index (κ2) is 4.83. The first-order valence-corrected chi connectivity index (χ1v) is 6.36. The fourth-order valence-corrected chi connectivity index (χ4v) is 2.68. The molecular weight excluding hydrogens is 240 g/mol. The van der Waals surface area contributed by atoms with Crippen molar-refractivity contribution in [2.75, 3.05) is 13.1 Å². The SMILES string of the molecule is Cc1nscc1C(=O)N1CCC(C(=O)O)CC1. The number of hydrogen-bond donors (Lipinski definition) is 1. The van der Waals surface area contributed by atoms with E-state index in [0.717, 1.165) is 5.69 Å². The maximum atomic E-state index is 12.1. The van der Waals surface area contributed by atoms with Crippen molar-refractivity contribution < 1.29 is 14.7 Å². The van der Waals surface area contributed by atoms with Crippen LogP contribution in [0, 0.1) is 12.8 Å². The van der Waals surface area contributed by atoms with E-state index in [1.165, 1.54) is 11.5 Å². The maximum absolute atomic E-state index is 12.1. The summed E-state index contributed by atoms with van der Waals surface area (Å²) in [5, 5.41) is 10.6. The number of hydrogen-bond acceptors (Lipinski definition) is 4. The van der Waals surface area contributed by atoms with Crippen molar-refractivity contribution in [3.8, 4) is 0 Å². The van der Waals surface area contributed by atoms with Crippen LogP contribution in [0.15, 0.2) is 5.38 Å². The predicted molar refractivity (Wildman–Crippen MR) is 63.1 cm³/mol. The van der Waals surface area contributed by atoms with Crippen LogP contribution < -0.4 is 0 Å². The molecule has 6 heteroatoms. The molecule has 92 valence electrons. The summed E-state index contributed by atoms with van der Waals surface area (Å²) >= 11 is 1.27. The summed E-state index contributed by atoms with van der Waals surface area (Å²) in [4.78, 5) is 24.6. The van der Waals surface area contributed by atoms with Gasteiger partial charge < -0.3 is 10.0 Å². The second-order valence-electron chi connectivity index (χ2n) is 4.22. The van der Waals surface area contributed by atoms with Gasteiger partial charge in [0.15, 0.2) is 0 Å². The molecule has 1 aromatic rings. The Morgan fingerprint density at radius 3 is 2.59 bits per heavy atom. The Hall–Kier alpha value is -1.43. The molecule has 1 fully saturated rings. The van der Waals surface area contributed by atoms with Crippen LogP contribution in [0.25, 0.3) is 0 Å². The number of carbonyl (C=O) groups is 2. The zero-order chi connectivity index (χ0) is 12.4. The number of piperidine rings is 1. The van der Waals surface area contributed by atoms with Crippen LogP contribution in [0.1, 0.15) is 28.9 Å². The van der Waals surface area contributed by atoms with Gasteiger partial charge in [-0.05, 0) is 31.3 Å². The number of aromatic nitrogens is 1. The molecule has 0 aliphatic carbocycles. The molecule has 0 unspecified atom stereocenters. The van der Waals surface area contributed by atoms with Gasteiger partial charge in [0.25, 0.3) is 5.91 Å². The van der Waals surface area contributed by atoms with Gasteiger partial charge in [0, 0.05) is 18.5 Å². The Labute approximate surface area is 103 Å². The highest BCUT2D eigenvalue weighted by atomic mass is 32.1. The lowest BCUT2D eigenvalue weighted by Crippen LogP contribution is -2.40. The van der Waals surface area contributed by atoms with Gasteiger partial charge in [-0.1, -0.05) is 0 Å². The molecule has 5 nitrogen and oxygen atoms in total. The third kappa shape index (κ3) is 2.46. The monoisotopic (exact) mass is 254 g/mol. The molecular formula is C11H14N2O3S. The van der Waals surface area contributed by atoms with Crippen molar-refractivity contribution in [2.45, 2.75) is 19.8 Å². The lowest BCUT2D eigenvalue weighted by Gasteiger charge is -2.30. The minimum Gasteiger partial charge on any atom is -0.481 e. The number of aryl methyl sites for hydroxylation is 1. The van der Waals surface area contributed by atoms with E-state index in [-0.39, 0.29) is 11.8 Å². The standard InChI is InChI=1S/C11H14N2O3S/c1-7-9(6-17-12-7)10(14)13-4-2-8(3-5-13)11(15)16/h6,8H,2-5H2,1H3,(H,15,16). The van der Waals surface area contributed by atoms with Gasteiger partial charge in [0.05, 0.1) is 17.2 Å². The number of aliphatic carboxylic acids is 1. The molecule has 1 N–H and O–H groups in total. The van der Waals surface area contributed by atoms with Crippen molar-refractivity contribution in [3.63, 3.8) is 0 Å². The van der Waals surface area contributed by atoms with Crippen molar-refractivity contribution in [3.05, 3.63) is 16.6 Å². The summed E-state index contributed by atoms with van der Waals surface area (Å²) in [6, 6.07) is 0. The molecule has 0 aromatic carbocycles. The molecule has 17 heavy (non-hydrogen) atoms. The van der Waals surface area contributed by atoms with Crippen LogP contribution in [0.2, 0.25) is 0 Å². The molecule has 0 radical (unpaired) electrons. The third-order valence-corrected chi connectivity index (χ3v) is 3.83. The van der Waals surface area contributed by atoms with Crippen LogP contribution in [-0.4, -0.2) is 39.3 Å². The Bertz CT molecular complexity index is 436. The van der Waals surface area contributed by atoms with Crippen LogP contribution in [-0.2, 0) is 4.79 Å². The van der Waals surface area contributed by atoms with E-state index in [0.29, 0.717) is 31.5 Å². The smallest absolute Gasteiger partial charge is 0.306 e. The number of rotatable bonds is 2. The molecule has 0 bridgehead atoms. The fourth-order valence-electron chi connectivity index (χ4n) is 2.00. The van der Waals surface area contributed by atoms with E-state index in [9.17, 15) is 9.59 Å². The molecule has 2 rings (SSSR count). The van der Waals surface area contributed by atoms with Crippen LogP contribution >= 0.6 is 11.5 Å². The summed E-state index contributed by atoms with van der Waals surface area (Å²) in [7, 11) is 0. The first-order valence-electron chi connectivity index (χ1n) is 5.52. The minimum atomic E-state index is -0.759. The highest BCUT2D eigenvalue weighted by Gasteiger charge is 2.28. The van der Waals surface area contributed by atoms with Gasteiger partial charge in [-0.3, -0.25) is 9.59 Å². The van der Waals surface area contributed by atoms with Crippen LogP contribution in [0.4, 0.5) is 0 Å². The molecule has 0 saturated carbocycles. The fraction of sp³-hybridized carbons (Fsp3) is 0.545. The highest BCUT2D eigenvalue weighted by molar-refractivity contribution is 7.03. The lowest BCUT2D eigenvalue weighted by atomic mass is 9.97. The molecule has 2 heterocycles. The van der Waals surface area contributed by atoms with E-state index in [1.54, 1.807) is 10.3 Å². The molecule has 1 aliphatic rings. The van der Waals surface area contributed by atoms with Gasteiger partial charge in [0.2, 0.25) is 0 Å². The van der Waals surface area contributed by atoms with Crippen molar-refractivity contribution in [1.29, 1.82) is 0 Å². The van der Waals surface area contributed by atoms with Crippen molar-refractivity contribution in [2.24, 2.45) is 5.92 Å². The van der Waals surface area contributed by atoms with E-state index < -0.39 is 5.97 Å². The quantitative estimate of drug-likeness (QED) is 0.865. The average molecular weight is 254 g/mol. The van der Waals surface area contributed by atoms with E-state index in [2.05, 4.69) is 4.37 Å². The predicted octanol–water partition coefficient (Wildman–Crippen LogP) is 1.39. The van der Waals surface area contributed by atoms with E-state index in [4.69, 9.17) is 5.11 Å². The van der Waals surface area contributed by atoms with E-state index in [1.807, 2.05) is 6.92 Å². The van der Waals surface area contributed by atoms with Gasteiger partial charge in [-0.25, -0.2) is 0 Å². The topological polar surface area (TPSA) is 70.5 Å². The second-order valence-corrected chi connectivity index (χ2v) is 4.85. The van der Waals surface area contributed by atoms with E-state index >= 15 is 0 Å². The number of nitrogens with zero attached hydrogens (tertiary/aromatic N) is 2. The van der Waals surface area contributed by atoms with Gasteiger partial charge in [0.1, 0.15) is 0 Å². The largest absolute Gasteiger partial charge is 0.481 e. The Balaban J connectivity index is 2.00. The van der Waals surface area contributed by atoms with Crippen LogP contribution in [0.3, 0.4) is 0 Å². The van der Waals surface area contributed by atoms with Crippen molar-refractivity contribution in [1.82, 2.24) is 9.27 Å². The first kappa shape index (κ1) is 12.0. The van der Waals surface area contributed by atoms with Gasteiger partial charge in [-0.15, -0.1) is 0 Å². The molecule has 1 saturated heterocycles. The molecule has 1 aliphatic heterocycles. The summed E-state index contributed by atoms with van der Waals surface area (Å²) in [6.45, 7) is 2.85. The number of carboxylic acids is 1. The van der Waals surface area contributed by atoms with Gasteiger partial charge in [-0.2, -0.15) is 4.37 Å². The number of carbonyl (C=O) groups excluding carboxylic acids is 1. The Morgan fingerprint density at radius 2 is 2.12 bits per heavy atom. The zero-order valence-corrected chi connectivity index (χ0v) is 10.4. The molecule has 1 amide bonds. The number of carboxylic acid groups (broad SMARTS) is 1. The summed E-state index contributed by atoms with van der Waals surface area (Å²) in [5.41, 5.74) is 1.39. The normalized spacial score (nSPS) is 17.1. The first-order chi connectivity index (χ1) is 8.09.